The van der Waals surface area contributed by atoms with E-state index in [9.17, 15) is 4.79 Å². The molecule has 0 aliphatic rings. The van der Waals surface area contributed by atoms with Crippen molar-refractivity contribution in [3.05, 3.63) is 23.8 Å². The van der Waals surface area contributed by atoms with Crippen molar-refractivity contribution in [2.45, 2.75) is 46.1 Å². The molecule has 1 aromatic carbocycles. The average Bonchev–Trinajstić information content (AvgIpc) is 2.33. The molecule has 0 fully saturated rings. The minimum absolute atomic E-state index is 0.168. The van der Waals surface area contributed by atoms with Crippen LogP contribution in [0.4, 0.5) is 11.4 Å². The fraction of sp³-hybridized carbons (Fsp3) is 0.533. The van der Waals surface area contributed by atoms with E-state index >= 15 is 0 Å². The van der Waals surface area contributed by atoms with Gasteiger partial charge in [-0.15, -0.1) is 0 Å². The Morgan fingerprint density at radius 3 is 2.53 bits per heavy atom. The number of carboxylic acids is 1. The number of unbranched alkanes of at least 4 members (excludes halogenated alkanes) is 2. The summed E-state index contributed by atoms with van der Waals surface area (Å²) in [4.78, 5) is 13.2. The molecule has 106 valence electrons. The first-order valence-corrected chi connectivity index (χ1v) is 6.86. The smallest absolute Gasteiger partial charge is 0.337 e. The van der Waals surface area contributed by atoms with E-state index in [-0.39, 0.29) is 5.56 Å². The van der Waals surface area contributed by atoms with Crippen molar-refractivity contribution >= 4 is 17.3 Å². The van der Waals surface area contributed by atoms with Crippen molar-refractivity contribution in [3.63, 3.8) is 0 Å². The van der Waals surface area contributed by atoms with Crippen molar-refractivity contribution in [3.8, 4) is 0 Å². The predicted molar refractivity (Wildman–Crippen MR) is 79.8 cm³/mol. The summed E-state index contributed by atoms with van der Waals surface area (Å²) in [5.74, 6) is -0.980. The molecule has 0 heterocycles. The Hall–Kier alpha value is -1.71. The maximum Gasteiger partial charge on any atom is 0.337 e. The van der Waals surface area contributed by atoms with Gasteiger partial charge in [0.1, 0.15) is 0 Å². The number of nitrogens with two attached hydrogens (primary N) is 1. The lowest BCUT2D eigenvalue weighted by Gasteiger charge is -2.29. The number of benzene rings is 1. The molecule has 19 heavy (non-hydrogen) atoms. The number of carboxylic acid groups (broad SMARTS) is 1. The van der Waals surface area contributed by atoms with Gasteiger partial charge < -0.3 is 15.7 Å². The number of aromatic carboxylic acids is 1. The maximum absolute atomic E-state index is 11.0. The highest BCUT2D eigenvalue weighted by Gasteiger charge is 2.13. The zero-order valence-corrected chi connectivity index (χ0v) is 12.0. The second-order valence-corrected chi connectivity index (χ2v) is 5.07. The fourth-order valence-electron chi connectivity index (χ4n) is 2.14. The summed E-state index contributed by atoms with van der Waals surface area (Å²) in [7, 11) is 0. The number of nitrogen functional groups attached to an aromatic ring is 1. The quantitative estimate of drug-likeness (QED) is 0.585. The standard InChI is InChI=1S/C15H24N2O2/c1-4-5-6-9-17(11(2)3)12-7-8-13(15(18)19)14(16)10-12/h7-8,10-11H,4-6,9,16H2,1-3H3,(H,18,19). The van der Waals surface area contributed by atoms with Gasteiger partial charge >= 0.3 is 5.97 Å². The van der Waals surface area contributed by atoms with Gasteiger partial charge in [0.05, 0.1) is 5.56 Å². The van der Waals surface area contributed by atoms with Gasteiger partial charge in [0, 0.05) is 24.0 Å². The van der Waals surface area contributed by atoms with Crippen LogP contribution in [0.1, 0.15) is 50.4 Å². The van der Waals surface area contributed by atoms with Crippen LogP contribution in [0.15, 0.2) is 18.2 Å². The summed E-state index contributed by atoms with van der Waals surface area (Å²) < 4.78 is 0. The molecule has 1 aromatic rings. The molecular weight excluding hydrogens is 240 g/mol. The van der Waals surface area contributed by atoms with Crippen LogP contribution < -0.4 is 10.6 Å². The zero-order valence-electron chi connectivity index (χ0n) is 12.0. The Morgan fingerprint density at radius 2 is 2.05 bits per heavy atom. The van der Waals surface area contributed by atoms with Crippen LogP contribution in [0.3, 0.4) is 0 Å². The molecule has 0 radical (unpaired) electrons. The van der Waals surface area contributed by atoms with E-state index in [0.717, 1.165) is 18.7 Å². The van der Waals surface area contributed by atoms with Gasteiger partial charge in [-0.2, -0.15) is 0 Å². The van der Waals surface area contributed by atoms with Gasteiger partial charge in [0.2, 0.25) is 0 Å². The van der Waals surface area contributed by atoms with Gasteiger partial charge in [-0.05, 0) is 38.5 Å². The van der Waals surface area contributed by atoms with E-state index in [1.54, 1.807) is 12.1 Å². The van der Waals surface area contributed by atoms with Crippen LogP contribution >= 0.6 is 0 Å². The van der Waals surface area contributed by atoms with Crippen LogP contribution in [0, 0.1) is 0 Å². The maximum atomic E-state index is 11.0. The number of rotatable bonds is 7. The molecule has 1 rings (SSSR count). The van der Waals surface area contributed by atoms with Crippen molar-refractivity contribution in [1.29, 1.82) is 0 Å². The van der Waals surface area contributed by atoms with Gasteiger partial charge in [-0.3, -0.25) is 0 Å². The van der Waals surface area contributed by atoms with Crippen molar-refractivity contribution in [1.82, 2.24) is 0 Å². The van der Waals surface area contributed by atoms with Crippen LogP contribution in [0.5, 0.6) is 0 Å². The monoisotopic (exact) mass is 264 g/mol. The highest BCUT2D eigenvalue weighted by atomic mass is 16.4. The Kier molecular flexibility index (Phi) is 5.67. The molecule has 0 aliphatic carbocycles. The summed E-state index contributed by atoms with van der Waals surface area (Å²) >= 11 is 0. The number of nitrogens with zero attached hydrogens (tertiary/aromatic N) is 1. The van der Waals surface area contributed by atoms with E-state index < -0.39 is 5.97 Å². The normalized spacial score (nSPS) is 10.7. The third-order valence-electron chi connectivity index (χ3n) is 3.22. The van der Waals surface area contributed by atoms with Crippen molar-refractivity contribution < 1.29 is 9.90 Å². The summed E-state index contributed by atoms with van der Waals surface area (Å²) in [5.41, 5.74) is 7.29. The average molecular weight is 264 g/mol. The molecule has 0 spiro atoms. The second-order valence-electron chi connectivity index (χ2n) is 5.07. The largest absolute Gasteiger partial charge is 0.478 e. The summed E-state index contributed by atoms with van der Waals surface area (Å²) in [6, 6.07) is 5.55. The molecule has 0 saturated carbocycles. The van der Waals surface area contributed by atoms with Crippen LogP contribution in [-0.4, -0.2) is 23.7 Å². The Balaban J connectivity index is 2.90. The van der Waals surface area contributed by atoms with Crippen LogP contribution in [-0.2, 0) is 0 Å². The number of hydrogen-bond donors (Lipinski definition) is 2. The highest BCUT2D eigenvalue weighted by Crippen LogP contribution is 2.23. The molecule has 0 unspecified atom stereocenters. The lowest BCUT2D eigenvalue weighted by atomic mass is 10.1. The summed E-state index contributed by atoms with van der Waals surface area (Å²) in [5, 5.41) is 8.98. The molecule has 4 nitrogen and oxygen atoms in total. The first-order chi connectivity index (χ1) is 8.97. The SMILES string of the molecule is CCCCCN(c1ccc(C(=O)O)c(N)c1)C(C)C. The number of carbonyl (C=O) groups is 1. The van der Waals surface area contributed by atoms with Gasteiger partial charge in [-0.1, -0.05) is 19.8 Å². The Labute approximate surface area is 115 Å². The van der Waals surface area contributed by atoms with Gasteiger partial charge in [-0.25, -0.2) is 4.79 Å². The van der Waals surface area contributed by atoms with Crippen LogP contribution in [0.25, 0.3) is 0 Å². The van der Waals surface area contributed by atoms with E-state index in [1.807, 2.05) is 6.07 Å². The lowest BCUT2D eigenvalue weighted by molar-refractivity contribution is 0.0698. The molecule has 0 amide bonds. The Morgan fingerprint density at radius 1 is 1.37 bits per heavy atom. The molecule has 0 bridgehead atoms. The topological polar surface area (TPSA) is 66.6 Å². The third kappa shape index (κ3) is 4.16. The van der Waals surface area contributed by atoms with Crippen LogP contribution in [0.2, 0.25) is 0 Å². The third-order valence-corrected chi connectivity index (χ3v) is 3.22. The lowest BCUT2D eigenvalue weighted by Crippen LogP contribution is -2.31. The minimum atomic E-state index is -0.980. The summed E-state index contributed by atoms with van der Waals surface area (Å²) in [6.07, 6.45) is 3.52. The first-order valence-electron chi connectivity index (χ1n) is 6.86. The molecule has 0 aromatic heterocycles. The fourth-order valence-corrected chi connectivity index (χ4v) is 2.14. The first kappa shape index (κ1) is 15.3. The zero-order chi connectivity index (χ0) is 14.4. The van der Waals surface area contributed by atoms with Crippen molar-refractivity contribution in [2.24, 2.45) is 0 Å². The number of hydrogen-bond acceptors (Lipinski definition) is 3. The van der Waals surface area contributed by atoms with E-state index in [1.165, 1.54) is 12.8 Å². The molecular formula is C15H24N2O2. The van der Waals surface area contributed by atoms with Crippen molar-refractivity contribution in [2.75, 3.05) is 17.2 Å². The minimum Gasteiger partial charge on any atom is -0.478 e. The summed E-state index contributed by atoms with van der Waals surface area (Å²) in [6.45, 7) is 7.41. The number of anilines is 2. The molecule has 0 saturated heterocycles. The van der Waals surface area contributed by atoms with E-state index in [4.69, 9.17) is 10.8 Å². The molecule has 3 N–H and O–H groups in total. The van der Waals surface area contributed by atoms with Gasteiger partial charge in [0.15, 0.2) is 0 Å². The predicted octanol–water partition coefficient (Wildman–Crippen LogP) is 3.37. The van der Waals surface area contributed by atoms with Gasteiger partial charge in [0.25, 0.3) is 0 Å². The molecule has 4 heteroatoms. The highest BCUT2D eigenvalue weighted by molar-refractivity contribution is 5.94. The second kappa shape index (κ2) is 7.02. The molecule has 0 aliphatic heterocycles. The Bertz CT molecular complexity index is 430. The molecule has 0 atom stereocenters. The van der Waals surface area contributed by atoms with E-state index in [0.29, 0.717) is 11.7 Å². The van der Waals surface area contributed by atoms with E-state index in [2.05, 4.69) is 25.7 Å².